The molecule has 1 fully saturated rings. The fourth-order valence-electron chi connectivity index (χ4n) is 2.96. The number of hydrogen-bond acceptors (Lipinski definition) is 3. The summed E-state index contributed by atoms with van der Waals surface area (Å²) in [6, 6.07) is 4.09. The molecule has 0 amide bonds. The number of carbonyl (C=O) groups excluding carboxylic acids is 1. The van der Waals surface area contributed by atoms with Crippen molar-refractivity contribution in [3.63, 3.8) is 0 Å². The van der Waals surface area contributed by atoms with Crippen LogP contribution in [0.1, 0.15) is 77.0 Å². The Morgan fingerprint density at radius 1 is 1.30 bits per heavy atom. The first-order valence-electron chi connectivity index (χ1n) is 8.51. The fraction of sp³-hybridized carbons (Fsp3) is 0.579. The zero-order chi connectivity index (χ0) is 16.8. The number of ether oxygens (including phenoxy) is 1. The summed E-state index contributed by atoms with van der Waals surface area (Å²) in [7, 11) is 0. The predicted octanol–water partition coefficient (Wildman–Crippen LogP) is 5.21. The molecule has 0 aliphatic heterocycles. The van der Waals surface area contributed by atoms with Crippen molar-refractivity contribution in [1.29, 1.82) is 0 Å². The summed E-state index contributed by atoms with van der Waals surface area (Å²) in [6.07, 6.45) is 5.29. The van der Waals surface area contributed by atoms with Gasteiger partial charge in [-0.1, -0.05) is 20.3 Å². The lowest BCUT2D eigenvalue weighted by atomic mass is 9.82. The van der Waals surface area contributed by atoms with Crippen molar-refractivity contribution in [2.45, 2.75) is 71.3 Å². The van der Waals surface area contributed by atoms with Crippen molar-refractivity contribution in [2.24, 2.45) is 0 Å². The topological polar surface area (TPSA) is 44.1 Å². The smallest absolute Gasteiger partial charge is 0.419 e. The van der Waals surface area contributed by atoms with Crippen LogP contribution in [0.25, 0.3) is 11.0 Å². The first kappa shape index (κ1) is 16.0. The van der Waals surface area contributed by atoms with Crippen LogP contribution in [0, 0.1) is 0 Å². The average molecular weight is 314 g/mol. The monoisotopic (exact) mass is 314 g/mol. The summed E-state index contributed by atoms with van der Waals surface area (Å²) in [4.78, 5) is 17.4. The number of rotatable bonds is 2. The highest BCUT2D eigenvalue weighted by molar-refractivity contribution is 5.90. The minimum absolute atomic E-state index is 0.310. The summed E-state index contributed by atoms with van der Waals surface area (Å²) in [5.41, 5.74) is 3.53. The highest BCUT2D eigenvalue weighted by atomic mass is 16.6. The maximum absolute atomic E-state index is 12.5. The van der Waals surface area contributed by atoms with E-state index in [1.54, 1.807) is 4.57 Å². The molecule has 2 aromatic rings. The number of nitrogens with zero attached hydrogens (tertiary/aromatic N) is 2. The van der Waals surface area contributed by atoms with Crippen molar-refractivity contribution < 1.29 is 9.53 Å². The maximum Gasteiger partial charge on any atom is 0.419 e. The standard InChI is InChI=1S/C19H26N2O2/c1-12(2)14-11-21(18(22)23-19(3,4)5)16-10-9-15(20-17(14)16)13-7-6-8-13/h9-13H,6-8H2,1-5H3. The fourth-order valence-corrected chi connectivity index (χ4v) is 2.96. The molecule has 2 aromatic heterocycles. The quantitative estimate of drug-likeness (QED) is 0.764. The van der Waals surface area contributed by atoms with Gasteiger partial charge in [-0.05, 0) is 57.2 Å². The Morgan fingerprint density at radius 3 is 2.52 bits per heavy atom. The molecule has 1 aliphatic carbocycles. The van der Waals surface area contributed by atoms with Gasteiger partial charge in [0, 0.05) is 17.8 Å². The molecule has 2 heterocycles. The number of aromatic nitrogens is 2. The van der Waals surface area contributed by atoms with E-state index in [9.17, 15) is 4.79 Å². The van der Waals surface area contributed by atoms with Gasteiger partial charge in [-0.2, -0.15) is 0 Å². The third-order valence-electron chi connectivity index (χ3n) is 4.43. The largest absolute Gasteiger partial charge is 0.443 e. The van der Waals surface area contributed by atoms with E-state index in [-0.39, 0.29) is 6.09 Å². The van der Waals surface area contributed by atoms with Crippen LogP contribution in [0.5, 0.6) is 0 Å². The molecule has 23 heavy (non-hydrogen) atoms. The van der Waals surface area contributed by atoms with Crippen LogP contribution in [-0.4, -0.2) is 21.2 Å². The van der Waals surface area contributed by atoms with Crippen LogP contribution in [0.4, 0.5) is 4.79 Å². The van der Waals surface area contributed by atoms with Crippen LogP contribution in [0.3, 0.4) is 0 Å². The molecule has 0 spiro atoms. The lowest BCUT2D eigenvalue weighted by Gasteiger charge is -2.24. The number of carbonyl (C=O) groups is 1. The van der Waals surface area contributed by atoms with Crippen molar-refractivity contribution in [3.05, 3.63) is 29.6 Å². The van der Waals surface area contributed by atoms with Gasteiger partial charge in [0.1, 0.15) is 5.60 Å². The molecule has 4 heteroatoms. The number of fused-ring (bicyclic) bond motifs is 1. The molecule has 0 unspecified atom stereocenters. The first-order valence-corrected chi connectivity index (χ1v) is 8.51. The lowest BCUT2D eigenvalue weighted by Crippen LogP contribution is -2.26. The maximum atomic E-state index is 12.5. The van der Waals surface area contributed by atoms with Crippen molar-refractivity contribution in [1.82, 2.24) is 9.55 Å². The third-order valence-corrected chi connectivity index (χ3v) is 4.43. The summed E-state index contributed by atoms with van der Waals surface area (Å²) in [6.45, 7) is 9.91. The van der Waals surface area contributed by atoms with Crippen LogP contribution in [-0.2, 0) is 4.74 Å². The molecular formula is C19H26N2O2. The van der Waals surface area contributed by atoms with Crippen molar-refractivity contribution in [3.8, 4) is 0 Å². The van der Waals surface area contributed by atoms with Crippen molar-refractivity contribution in [2.75, 3.05) is 0 Å². The lowest BCUT2D eigenvalue weighted by molar-refractivity contribution is 0.0544. The molecule has 0 radical (unpaired) electrons. The normalized spacial score (nSPS) is 15.9. The van der Waals surface area contributed by atoms with Gasteiger partial charge in [0.15, 0.2) is 0 Å². The molecule has 124 valence electrons. The first-order chi connectivity index (χ1) is 10.8. The Hall–Kier alpha value is -1.84. The molecule has 1 saturated carbocycles. The number of pyridine rings is 1. The molecule has 0 saturated heterocycles. The van der Waals surface area contributed by atoms with Gasteiger partial charge in [0.25, 0.3) is 0 Å². The van der Waals surface area contributed by atoms with E-state index in [0.717, 1.165) is 22.3 Å². The highest BCUT2D eigenvalue weighted by Crippen LogP contribution is 2.37. The Bertz CT molecular complexity index is 734. The van der Waals surface area contributed by atoms with Crippen molar-refractivity contribution >= 4 is 17.1 Å². The molecule has 0 atom stereocenters. The van der Waals surface area contributed by atoms with Gasteiger partial charge < -0.3 is 4.74 Å². The molecule has 0 N–H and O–H groups in total. The zero-order valence-corrected chi connectivity index (χ0v) is 14.7. The SMILES string of the molecule is CC(C)c1cn(C(=O)OC(C)(C)C)c2ccc(C3CCC3)nc12. The highest BCUT2D eigenvalue weighted by Gasteiger charge is 2.25. The summed E-state index contributed by atoms with van der Waals surface area (Å²) in [5, 5.41) is 0. The van der Waals surface area contributed by atoms with Gasteiger partial charge in [0.05, 0.1) is 11.0 Å². The van der Waals surface area contributed by atoms with E-state index in [0.29, 0.717) is 11.8 Å². The van der Waals surface area contributed by atoms with Crippen LogP contribution >= 0.6 is 0 Å². The molecule has 4 nitrogen and oxygen atoms in total. The van der Waals surface area contributed by atoms with Crippen LogP contribution in [0.15, 0.2) is 18.3 Å². The minimum atomic E-state index is -0.509. The van der Waals surface area contributed by atoms with Gasteiger partial charge in [0.2, 0.25) is 0 Å². The van der Waals surface area contributed by atoms with E-state index in [1.807, 2.05) is 33.0 Å². The molecule has 3 rings (SSSR count). The molecule has 1 aliphatic rings. The Balaban J connectivity index is 2.07. The van der Waals surface area contributed by atoms with Gasteiger partial charge in [-0.3, -0.25) is 9.55 Å². The Morgan fingerprint density at radius 2 is 2.00 bits per heavy atom. The second-order valence-corrected chi connectivity index (χ2v) is 7.82. The zero-order valence-electron chi connectivity index (χ0n) is 14.7. The summed E-state index contributed by atoms with van der Waals surface area (Å²) < 4.78 is 7.14. The second-order valence-electron chi connectivity index (χ2n) is 7.82. The van der Waals surface area contributed by atoms with Crippen LogP contribution < -0.4 is 0 Å². The number of hydrogen-bond donors (Lipinski definition) is 0. The van der Waals surface area contributed by atoms with E-state index in [1.165, 1.54) is 19.3 Å². The van der Waals surface area contributed by atoms with E-state index >= 15 is 0 Å². The van der Waals surface area contributed by atoms with Gasteiger partial charge >= 0.3 is 6.09 Å². The molecule has 0 bridgehead atoms. The molecule has 0 aromatic carbocycles. The summed E-state index contributed by atoms with van der Waals surface area (Å²) in [5.74, 6) is 0.898. The van der Waals surface area contributed by atoms with E-state index < -0.39 is 5.60 Å². The van der Waals surface area contributed by atoms with E-state index in [2.05, 4.69) is 19.9 Å². The second kappa shape index (κ2) is 5.66. The summed E-state index contributed by atoms with van der Waals surface area (Å²) >= 11 is 0. The predicted molar refractivity (Wildman–Crippen MR) is 92.0 cm³/mol. The third kappa shape index (κ3) is 3.12. The van der Waals surface area contributed by atoms with Gasteiger partial charge in [-0.15, -0.1) is 0 Å². The Labute approximate surface area is 137 Å². The van der Waals surface area contributed by atoms with Crippen LogP contribution in [0.2, 0.25) is 0 Å². The Kier molecular flexibility index (Phi) is 3.95. The van der Waals surface area contributed by atoms with Gasteiger partial charge in [-0.25, -0.2) is 4.79 Å². The minimum Gasteiger partial charge on any atom is -0.443 e. The van der Waals surface area contributed by atoms with E-state index in [4.69, 9.17) is 9.72 Å². The average Bonchev–Trinajstić information content (AvgIpc) is 2.73. The molecular weight excluding hydrogens is 288 g/mol.